The molecule has 19 heavy (non-hydrogen) atoms. The number of halogens is 1. The Kier molecular flexibility index (Phi) is 2.56. The zero-order valence-electron chi connectivity index (χ0n) is 9.79. The Morgan fingerprint density at radius 2 is 2.26 bits per heavy atom. The second kappa shape index (κ2) is 4.13. The van der Waals surface area contributed by atoms with Gasteiger partial charge in [-0.25, -0.2) is 14.2 Å². The van der Waals surface area contributed by atoms with E-state index in [0.717, 1.165) is 0 Å². The van der Waals surface area contributed by atoms with E-state index in [1.807, 2.05) is 0 Å². The van der Waals surface area contributed by atoms with Gasteiger partial charge >= 0.3 is 5.97 Å². The molecule has 1 aromatic carbocycles. The lowest BCUT2D eigenvalue weighted by Gasteiger charge is -1.95. The van der Waals surface area contributed by atoms with Gasteiger partial charge in [-0.2, -0.15) is 9.61 Å². The SMILES string of the molecule is Cc1nc2sc(-c3cccc(F)c3)nn2c1C(=O)O. The average Bonchev–Trinajstić information content (AvgIpc) is 2.84. The number of benzene rings is 1. The van der Waals surface area contributed by atoms with Crippen LogP contribution in [0.4, 0.5) is 4.39 Å². The molecule has 3 aromatic rings. The van der Waals surface area contributed by atoms with Crippen molar-refractivity contribution in [2.75, 3.05) is 0 Å². The van der Waals surface area contributed by atoms with Gasteiger partial charge in [0.05, 0.1) is 5.69 Å². The molecular weight excluding hydrogens is 269 g/mol. The van der Waals surface area contributed by atoms with E-state index in [1.165, 1.54) is 28.0 Å². The minimum absolute atomic E-state index is 0.0360. The van der Waals surface area contributed by atoms with Crippen LogP contribution >= 0.6 is 11.3 Å². The van der Waals surface area contributed by atoms with Crippen molar-refractivity contribution >= 4 is 22.3 Å². The molecule has 0 aliphatic rings. The average molecular weight is 277 g/mol. The summed E-state index contributed by atoms with van der Waals surface area (Å²) in [7, 11) is 0. The summed E-state index contributed by atoms with van der Waals surface area (Å²) in [4.78, 5) is 15.8. The minimum atomic E-state index is -1.08. The van der Waals surface area contributed by atoms with Crippen molar-refractivity contribution in [1.82, 2.24) is 14.6 Å². The second-order valence-electron chi connectivity index (χ2n) is 3.96. The molecule has 0 radical (unpaired) electrons. The third-order valence-electron chi connectivity index (χ3n) is 2.65. The number of rotatable bonds is 2. The van der Waals surface area contributed by atoms with Crippen LogP contribution in [-0.2, 0) is 0 Å². The predicted molar refractivity (Wildman–Crippen MR) is 68.0 cm³/mol. The van der Waals surface area contributed by atoms with Crippen LogP contribution in [0.1, 0.15) is 16.2 Å². The van der Waals surface area contributed by atoms with Crippen molar-refractivity contribution in [3.8, 4) is 10.6 Å². The van der Waals surface area contributed by atoms with E-state index in [-0.39, 0.29) is 11.5 Å². The third kappa shape index (κ3) is 1.88. The lowest BCUT2D eigenvalue weighted by Crippen LogP contribution is -2.04. The van der Waals surface area contributed by atoms with E-state index >= 15 is 0 Å². The molecule has 3 rings (SSSR count). The number of aryl methyl sites for hydroxylation is 1. The number of carboxylic acid groups (broad SMARTS) is 1. The number of hydrogen-bond acceptors (Lipinski definition) is 4. The molecular formula is C12H8FN3O2S. The zero-order chi connectivity index (χ0) is 13.6. The van der Waals surface area contributed by atoms with Crippen LogP contribution in [0.2, 0.25) is 0 Å². The molecule has 7 heteroatoms. The van der Waals surface area contributed by atoms with E-state index in [1.54, 1.807) is 19.1 Å². The molecule has 0 unspecified atom stereocenters. The number of aromatic nitrogens is 3. The Morgan fingerprint density at radius 3 is 2.95 bits per heavy atom. The van der Waals surface area contributed by atoms with Gasteiger partial charge in [-0.15, -0.1) is 0 Å². The van der Waals surface area contributed by atoms with Crippen molar-refractivity contribution in [3.05, 3.63) is 41.5 Å². The van der Waals surface area contributed by atoms with Gasteiger partial charge in [0, 0.05) is 5.56 Å². The Morgan fingerprint density at radius 1 is 1.47 bits per heavy atom. The fraction of sp³-hybridized carbons (Fsp3) is 0.0833. The van der Waals surface area contributed by atoms with Gasteiger partial charge in [0.1, 0.15) is 10.8 Å². The summed E-state index contributed by atoms with van der Waals surface area (Å²) in [6.07, 6.45) is 0. The van der Waals surface area contributed by atoms with E-state index in [4.69, 9.17) is 5.11 Å². The zero-order valence-corrected chi connectivity index (χ0v) is 10.6. The first kappa shape index (κ1) is 11.8. The molecule has 0 saturated carbocycles. The molecule has 2 aromatic heterocycles. The van der Waals surface area contributed by atoms with Gasteiger partial charge < -0.3 is 5.11 Å². The molecule has 0 bridgehead atoms. The van der Waals surface area contributed by atoms with Crippen molar-refractivity contribution in [2.45, 2.75) is 6.92 Å². The van der Waals surface area contributed by atoms with E-state index in [0.29, 0.717) is 21.2 Å². The van der Waals surface area contributed by atoms with E-state index in [2.05, 4.69) is 10.1 Å². The molecule has 0 aliphatic heterocycles. The maximum absolute atomic E-state index is 13.2. The van der Waals surface area contributed by atoms with Gasteiger partial charge in [0.2, 0.25) is 4.96 Å². The Labute approximate surface area is 111 Å². The number of hydrogen-bond donors (Lipinski definition) is 1. The van der Waals surface area contributed by atoms with Crippen molar-refractivity contribution < 1.29 is 14.3 Å². The second-order valence-corrected chi connectivity index (χ2v) is 4.92. The summed E-state index contributed by atoms with van der Waals surface area (Å²) in [6.45, 7) is 1.62. The monoisotopic (exact) mass is 277 g/mol. The normalized spacial score (nSPS) is 11.1. The Bertz CT molecular complexity index is 793. The molecule has 0 atom stereocenters. The fourth-order valence-corrected chi connectivity index (χ4v) is 2.77. The summed E-state index contributed by atoms with van der Waals surface area (Å²) < 4.78 is 14.4. The smallest absolute Gasteiger partial charge is 0.356 e. The lowest BCUT2D eigenvalue weighted by molar-refractivity contribution is 0.0687. The summed E-state index contributed by atoms with van der Waals surface area (Å²) in [5, 5.41) is 13.8. The van der Waals surface area contributed by atoms with Crippen LogP contribution in [0.15, 0.2) is 24.3 Å². The molecule has 0 aliphatic carbocycles. The standard InChI is InChI=1S/C12H8FN3O2S/c1-6-9(11(17)18)16-12(14-6)19-10(15-16)7-3-2-4-8(13)5-7/h2-5H,1H3,(H,17,18). The maximum atomic E-state index is 13.2. The molecule has 0 saturated heterocycles. The molecule has 0 amide bonds. The largest absolute Gasteiger partial charge is 0.476 e. The summed E-state index contributed by atoms with van der Waals surface area (Å²) >= 11 is 1.22. The highest BCUT2D eigenvalue weighted by molar-refractivity contribution is 7.19. The number of imidazole rings is 1. The quantitative estimate of drug-likeness (QED) is 0.781. The van der Waals surface area contributed by atoms with Gasteiger partial charge in [-0.05, 0) is 19.1 Å². The van der Waals surface area contributed by atoms with Gasteiger partial charge in [-0.3, -0.25) is 0 Å². The highest BCUT2D eigenvalue weighted by Gasteiger charge is 2.19. The van der Waals surface area contributed by atoms with Crippen molar-refractivity contribution in [1.29, 1.82) is 0 Å². The minimum Gasteiger partial charge on any atom is -0.476 e. The topological polar surface area (TPSA) is 67.5 Å². The summed E-state index contributed by atoms with van der Waals surface area (Å²) in [5.74, 6) is -1.44. The van der Waals surface area contributed by atoms with Crippen molar-refractivity contribution in [3.63, 3.8) is 0 Å². The number of nitrogens with zero attached hydrogens (tertiary/aromatic N) is 3. The molecule has 2 heterocycles. The predicted octanol–water partition coefficient (Wildman–Crippen LogP) is 2.60. The van der Waals surface area contributed by atoms with Gasteiger partial charge in [0.15, 0.2) is 5.69 Å². The molecule has 1 N–H and O–H groups in total. The van der Waals surface area contributed by atoms with Crippen LogP contribution in [0.3, 0.4) is 0 Å². The molecule has 5 nitrogen and oxygen atoms in total. The molecule has 0 spiro atoms. The first-order chi connectivity index (χ1) is 9.06. The number of carboxylic acids is 1. The highest BCUT2D eigenvalue weighted by atomic mass is 32.1. The molecule has 96 valence electrons. The van der Waals surface area contributed by atoms with Gasteiger partial charge in [0.25, 0.3) is 0 Å². The van der Waals surface area contributed by atoms with Crippen LogP contribution in [0.25, 0.3) is 15.5 Å². The maximum Gasteiger partial charge on any atom is 0.356 e. The number of aromatic carboxylic acids is 1. The van der Waals surface area contributed by atoms with E-state index in [9.17, 15) is 9.18 Å². The Hall–Kier alpha value is -2.28. The highest BCUT2D eigenvalue weighted by Crippen LogP contribution is 2.27. The number of carbonyl (C=O) groups is 1. The fourth-order valence-electron chi connectivity index (χ4n) is 1.83. The van der Waals surface area contributed by atoms with Gasteiger partial charge in [-0.1, -0.05) is 23.5 Å². The lowest BCUT2D eigenvalue weighted by atomic mass is 10.2. The van der Waals surface area contributed by atoms with Crippen LogP contribution < -0.4 is 0 Å². The van der Waals surface area contributed by atoms with Crippen LogP contribution in [-0.4, -0.2) is 25.7 Å². The Balaban J connectivity index is 2.20. The van der Waals surface area contributed by atoms with Crippen molar-refractivity contribution in [2.24, 2.45) is 0 Å². The van der Waals surface area contributed by atoms with Crippen LogP contribution in [0, 0.1) is 12.7 Å². The number of fused-ring (bicyclic) bond motifs is 1. The van der Waals surface area contributed by atoms with E-state index < -0.39 is 5.97 Å². The third-order valence-corrected chi connectivity index (χ3v) is 3.61. The van der Waals surface area contributed by atoms with Crippen LogP contribution in [0.5, 0.6) is 0 Å². The summed E-state index contributed by atoms with van der Waals surface area (Å²) in [6, 6.07) is 5.99. The first-order valence-corrected chi connectivity index (χ1v) is 6.23. The summed E-state index contributed by atoms with van der Waals surface area (Å²) in [5.41, 5.74) is 1.05. The first-order valence-electron chi connectivity index (χ1n) is 5.41. The molecule has 0 fully saturated rings.